The second-order valence-electron chi connectivity index (χ2n) is 8.63. The number of rotatable bonds is 9. The lowest BCUT2D eigenvalue weighted by Crippen LogP contribution is -2.39. The lowest BCUT2D eigenvalue weighted by atomic mass is 9.88. The SMILES string of the molecule is COC(=O)CC(c1cccc(OS(C)(=O)=O)c1)C(N)C(=O)OCC1c2ccccc2-c2ccccc21. The van der Waals surface area contributed by atoms with E-state index in [1.807, 2.05) is 48.5 Å². The highest BCUT2D eigenvalue weighted by atomic mass is 32.2. The number of carbonyl (C=O) groups is 2. The van der Waals surface area contributed by atoms with E-state index in [0.717, 1.165) is 28.5 Å². The summed E-state index contributed by atoms with van der Waals surface area (Å²) in [5, 5.41) is 0. The van der Waals surface area contributed by atoms with Crippen LogP contribution in [0.5, 0.6) is 5.75 Å². The zero-order chi connectivity index (χ0) is 25.9. The number of carbonyl (C=O) groups excluding carboxylic acids is 2. The van der Waals surface area contributed by atoms with Gasteiger partial charge in [-0.25, -0.2) is 0 Å². The predicted molar refractivity (Wildman–Crippen MR) is 134 cm³/mol. The second kappa shape index (κ2) is 10.5. The van der Waals surface area contributed by atoms with Crippen molar-refractivity contribution in [3.05, 3.63) is 89.5 Å². The van der Waals surface area contributed by atoms with Gasteiger partial charge in [-0.1, -0.05) is 60.7 Å². The molecule has 9 heteroatoms. The van der Waals surface area contributed by atoms with E-state index in [1.165, 1.54) is 19.2 Å². The maximum absolute atomic E-state index is 13.1. The fourth-order valence-electron chi connectivity index (χ4n) is 4.55. The first kappa shape index (κ1) is 25.4. The number of esters is 2. The normalized spacial score (nSPS) is 14.3. The van der Waals surface area contributed by atoms with E-state index in [-0.39, 0.29) is 24.7 Å². The highest BCUT2D eigenvalue weighted by molar-refractivity contribution is 7.86. The van der Waals surface area contributed by atoms with Crippen LogP contribution in [0, 0.1) is 0 Å². The van der Waals surface area contributed by atoms with Crippen molar-refractivity contribution in [2.75, 3.05) is 20.0 Å². The van der Waals surface area contributed by atoms with Crippen LogP contribution < -0.4 is 9.92 Å². The molecule has 8 nitrogen and oxygen atoms in total. The van der Waals surface area contributed by atoms with Gasteiger partial charge in [-0.05, 0) is 39.9 Å². The number of nitrogens with two attached hydrogens (primary N) is 1. The zero-order valence-electron chi connectivity index (χ0n) is 19.9. The average molecular weight is 510 g/mol. The maximum Gasteiger partial charge on any atom is 0.323 e. The van der Waals surface area contributed by atoms with E-state index in [2.05, 4.69) is 0 Å². The summed E-state index contributed by atoms with van der Waals surface area (Å²) in [5.74, 6) is -2.17. The minimum atomic E-state index is -3.77. The standard InChI is InChI=1S/C27H27NO7S/c1-33-25(29)15-23(17-8-7-9-18(14-17)35-36(2,31)32)26(28)27(30)34-16-24-21-12-5-3-10-19(21)20-11-4-6-13-22(20)24/h3-14,23-24,26H,15-16,28H2,1-2H3. The Morgan fingerprint density at radius 3 is 2.14 bits per heavy atom. The number of hydrogen-bond donors (Lipinski definition) is 1. The van der Waals surface area contributed by atoms with E-state index >= 15 is 0 Å². The molecule has 1 aliphatic rings. The Morgan fingerprint density at radius 1 is 0.944 bits per heavy atom. The van der Waals surface area contributed by atoms with Crippen LogP contribution in [-0.4, -0.2) is 46.4 Å². The summed E-state index contributed by atoms with van der Waals surface area (Å²) in [7, 11) is -2.53. The highest BCUT2D eigenvalue weighted by Crippen LogP contribution is 2.44. The summed E-state index contributed by atoms with van der Waals surface area (Å²) in [5.41, 5.74) is 11.1. The molecule has 36 heavy (non-hydrogen) atoms. The third kappa shape index (κ3) is 5.58. The van der Waals surface area contributed by atoms with Gasteiger partial charge >= 0.3 is 22.1 Å². The van der Waals surface area contributed by atoms with Crippen LogP contribution in [-0.2, 0) is 29.2 Å². The summed E-state index contributed by atoms with van der Waals surface area (Å²) in [4.78, 5) is 25.2. The first-order valence-corrected chi connectivity index (χ1v) is 13.2. The minimum Gasteiger partial charge on any atom is -0.469 e. The topological polar surface area (TPSA) is 122 Å². The third-order valence-electron chi connectivity index (χ3n) is 6.21. The molecule has 0 amide bonds. The Hall–Kier alpha value is -3.69. The molecule has 2 N–H and O–H groups in total. The lowest BCUT2D eigenvalue weighted by Gasteiger charge is -2.23. The van der Waals surface area contributed by atoms with Crippen molar-refractivity contribution in [3.63, 3.8) is 0 Å². The molecule has 2 atom stereocenters. The average Bonchev–Trinajstić information content (AvgIpc) is 3.18. The Labute approximate surface area is 210 Å². The number of hydrogen-bond acceptors (Lipinski definition) is 8. The fourth-order valence-corrected chi connectivity index (χ4v) is 5.01. The zero-order valence-corrected chi connectivity index (χ0v) is 20.7. The largest absolute Gasteiger partial charge is 0.469 e. The minimum absolute atomic E-state index is 0.0459. The molecule has 0 aliphatic heterocycles. The lowest BCUT2D eigenvalue weighted by molar-refractivity contribution is -0.147. The van der Waals surface area contributed by atoms with Crippen molar-refractivity contribution < 1.29 is 31.7 Å². The van der Waals surface area contributed by atoms with Crippen LogP contribution in [0.2, 0.25) is 0 Å². The molecule has 0 bridgehead atoms. The Morgan fingerprint density at radius 2 is 1.56 bits per heavy atom. The summed E-state index contributed by atoms with van der Waals surface area (Å²) in [6, 6.07) is 20.8. The number of benzene rings is 3. The molecule has 3 aromatic rings. The monoisotopic (exact) mass is 509 g/mol. The number of fused-ring (bicyclic) bond motifs is 3. The molecule has 188 valence electrons. The molecule has 0 aromatic heterocycles. The van der Waals surface area contributed by atoms with Crippen molar-refractivity contribution in [1.82, 2.24) is 0 Å². The number of ether oxygens (including phenoxy) is 2. The molecule has 0 spiro atoms. The second-order valence-corrected chi connectivity index (χ2v) is 10.2. The highest BCUT2D eigenvalue weighted by Gasteiger charge is 2.33. The fraction of sp³-hybridized carbons (Fsp3) is 0.259. The summed E-state index contributed by atoms with van der Waals surface area (Å²) < 4.78 is 38.5. The van der Waals surface area contributed by atoms with Gasteiger partial charge in [0.25, 0.3) is 0 Å². The van der Waals surface area contributed by atoms with Crippen LogP contribution in [0.25, 0.3) is 11.1 Å². The van der Waals surface area contributed by atoms with Crippen LogP contribution in [0.3, 0.4) is 0 Å². The van der Waals surface area contributed by atoms with Gasteiger partial charge in [0.15, 0.2) is 0 Å². The van der Waals surface area contributed by atoms with Gasteiger partial charge in [-0.3, -0.25) is 9.59 Å². The maximum atomic E-state index is 13.1. The van der Waals surface area contributed by atoms with E-state index in [1.54, 1.807) is 12.1 Å². The molecule has 0 fully saturated rings. The van der Waals surface area contributed by atoms with Crippen molar-refractivity contribution in [3.8, 4) is 16.9 Å². The molecule has 0 radical (unpaired) electrons. The molecule has 3 aromatic carbocycles. The molecular formula is C27H27NO7S. The van der Waals surface area contributed by atoms with Gasteiger partial charge < -0.3 is 19.4 Å². The summed E-state index contributed by atoms with van der Waals surface area (Å²) in [6.07, 6.45) is 0.720. The Bertz CT molecular complexity index is 1340. The molecule has 2 unspecified atom stereocenters. The molecular weight excluding hydrogens is 482 g/mol. The number of methoxy groups -OCH3 is 1. The molecule has 0 saturated heterocycles. The molecule has 4 rings (SSSR count). The van der Waals surface area contributed by atoms with Gasteiger partial charge in [-0.2, -0.15) is 8.42 Å². The Kier molecular flexibility index (Phi) is 7.42. The van der Waals surface area contributed by atoms with Gasteiger partial charge in [0, 0.05) is 11.8 Å². The van der Waals surface area contributed by atoms with Crippen LogP contribution in [0.15, 0.2) is 72.8 Å². The van der Waals surface area contributed by atoms with Crippen molar-refractivity contribution >= 4 is 22.1 Å². The third-order valence-corrected chi connectivity index (χ3v) is 6.70. The van der Waals surface area contributed by atoms with Gasteiger partial charge in [0.05, 0.1) is 19.8 Å². The predicted octanol–water partition coefficient (Wildman–Crippen LogP) is 3.35. The van der Waals surface area contributed by atoms with Gasteiger partial charge in [-0.15, -0.1) is 0 Å². The van der Waals surface area contributed by atoms with E-state index in [0.29, 0.717) is 5.56 Å². The molecule has 0 saturated carbocycles. The van der Waals surface area contributed by atoms with Crippen LogP contribution in [0.1, 0.15) is 34.9 Å². The molecule has 0 heterocycles. The smallest absolute Gasteiger partial charge is 0.323 e. The van der Waals surface area contributed by atoms with Crippen LogP contribution in [0.4, 0.5) is 0 Å². The van der Waals surface area contributed by atoms with E-state index in [9.17, 15) is 18.0 Å². The van der Waals surface area contributed by atoms with Crippen molar-refractivity contribution in [2.24, 2.45) is 5.73 Å². The molecule has 1 aliphatic carbocycles. The summed E-state index contributed by atoms with van der Waals surface area (Å²) in [6.45, 7) is 0.0860. The first-order chi connectivity index (χ1) is 17.2. The van der Waals surface area contributed by atoms with E-state index in [4.69, 9.17) is 19.4 Å². The summed E-state index contributed by atoms with van der Waals surface area (Å²) >= 11 is 0. The first-order valence-electron chi connectivity index (χ1n) is 11.3. The van der Waals surface area contributed by atoms with Gasteiger partial charge in [0.2, 0.25) is 0 Å². The van der Waals surface area contributed by atoms with Gasteiger partial charge in [0.1, 0.15) is 18.4 Å². The van der Waals surface area contributed by atoms with Crippen molar-refractivity contribution in [1.29, 1.82) is 0 Å². The van der Waals surface area contributed by atoms with Crippen LogP contribution >= 0.6 is 0 Å². The Balaban J connectivity index is 1.55. The van der Waals surface area contributed by atoms with E-state index < -0.39 is 34.0 Å². The van der Waals surface area contributed by atoms with Crippen molar-refractivity contribution in [2.45, 2.75) is 24.3 Å². The quantitative estimate of drug-likeness (QED) is 0.344.